The Labute approximate surface area is 116 Å². The lowest BCUT2D eigenvalue weighted by atomic mass is 9.82. The normalized spacial score (nSPS) is 13.6. The van der Waals surface area contributed by atoms with Crippen LogP contribution in [-0.4, -0.2) is 19.3 Å². The zero-order valence-corrected chi connectivity index (χ0v) is 12.7. The molecule has 1 N–H and O–H groups in total. The third-order valence-electron chi connectivity index (χ3n) is 3.99. The summed E-state index contributed by atoms with van der Waals surface area (Å²) in [6.45, 7) is 8.93. The third-order valence-corrected chi connectivity index (χ3v) is 3.99. The van der Waals surface area contributed by atoms with Crippen molar-refractivity contribution in [3.8, 4) is 0 Å². The van der Waals surface area contributed by atoms with Crippen LogP contribution in [0.15, 0.2) is 18.2 Å². The number of nitrogens with one attached hydrogen (secondary N) is 1. The van der Waals surface area contributed by atoms with Gasteiger partial charge >= 0.3 is 0 Å². The molecule has 0 aliphatic carbocycles. The molecular weight excluding hydrogens is 241 g/mol. The minimum absolute atomic E-state index is 0.0723. The number of hydrogen-bond acceptors (Lipinski definition) is 2. The first-order valence-corrected chi connectivity index (χ1v) is 7.11. The van der Waals surface area contributed by atoms with Crippen LogP contribution in [0.4, 0.5) is 4.39 Å². The SMILES string of the molecule is CCOC(CC)(CC)C(NC)c1ccc(F)cc1C. The average molecular weight is 267 g/mol. The number of aryl methyl sites for hydroxylation is 1. The highest BCUT2D eigenvalue weighted by Crippen LogP contribution is 2.36. The Morgan fingerprint density at radius 3 is 2.32 bits per heavy atom. The molecule has 0 amide bonds. The molecule has 0 saturated carbocycles. The minimum Gasteiger partial charge on any atom is -0.373 e. The van der Waals surface area contributed by atoms with Gasteiger partial charge in [-0.15, -0.1) is 0 Å². The molecule has 0 bridgehead atoms. The van der Waals surface area contributed by atoms with Crippen molar-refractivity contribution in [3.63, 3.8) is 0 Å². The lowest BCUT2D eigenvalue weighted by Gasteiger charge is -2.40. The molecule has 1 rings (SSSR count). The number of benzene rings is 1. The van der Waals surface area contributed by atoms with Crippen molar-refractivity contribution >= 4 is 0 Å². The molecule has 2 nitrogen and oxygen atoms in total. The highest BCUT2D eigenvalue weighted by Gasteiger charge is 2.37. The molecule has 0 aliphatic heterocycles. The van der Waals surface area contributed by atoms with Gasteiger partial charge in [-0.25, -0.2) is 4.39 Å². The van der Waals surface area contributed by atoms with E-state index in [1.807, 2.05) is 27.0 Å². The second-order valence-electron chi connectivity index (χ2n) is 4.93. The lowest BCUT2D eigenvalue weighted by Crippen LogP contribution is -2.44. The van der Waals surface area contributed by atoms with Gasteiger partial charge in [-0.05, 0) is 57.0 Å². The maximum Gasteiger partial charge on any atom is 0.123 e. The van der Waals surface area contributed by atoms with Gasteiger partial charge in [-0.3, -0.25) is 0 Å². The Hall–Kier alpha value is -0.930. The minimum atomic E-state index is -0.244. The Morgan fingerprint density at radius 2 is 1.89 bits per heavy atom. The molecule has 1 unspecified atom stereocenters. The Balaban J connectivity index is 3.23. The van der Waals surface area contributed by atoms with E-state index in [4.69, 9.17) is 4.74 Å². The fraction of sp³-hybridized carbons (Fsp3) is 0.625. The van der Waals surface area contributed by atoms with E-state index in [1.165, 1.54) is 6.07 Å². The van der Waals surface area contributed by atoms with E-state index in [0.717, 1.165) is 24.0 Å². The molecule has 3 heteroatoms. The van der Waals surface area contributed by atoms with Gasteiger partial charge in [0.1, 0.15) is 5.82 Å². The van der Waals surface area contributed by atoms with E-state index in [0.29, 0.717) is 6.61 Å². The van der Waals surface area contributed by atoms with Crippen molar-refractivity contribution in [3.05, 3.63) is 35.1 Å². The summed E-state index contributed by atoms with van der Waals surface area (Å²) in [5.41, 5.74) is 1.83. The predicted octanol–water partition coefficient (Wildman–Crippen LogP) is 3.99. The van der Waals surface area contributed by atoms with Crippen molar-refractivity contribution < 1.29 is 9.13 Å². The fourth-order valence-electron chi connectivity index (χ4n) is 2.90. The number of halogens is 1. The van der Waals surface area contributed by atoms with Crippen LogP contribution in [0.5, 0.6) is 0 Å². The monoisotopic (exact) mass is 267 g/mol. The summed E-state index contributed by atoms with van der Waals surface area (Å²) < 4.78 is 19.3. The first-order chi connectivity index (χ1) is 9.04. The number of rotatable bonds is 7. The van der Waals surface area contributed by atoms with Crippen LogP contribution >= 0.6 is 0 Å². The van der Waals surface area contributed by atoms with Crippen LogP contribution in [0.25, 0.3) is 0 Å². The molecule has 0 aromatic heterocycles. The third kappa shape index (κ3) is 3.34. The van der Waals surface area contributed by atoms with E-state index in [9.17, 15) is 4.39 Å². The molecule has 1 atom stereocenters. The Kier molecular flexibility index (Phi) is 5.95. The second-order valence-corrected chi connectivity index (χ2v) is 4.93. The fourth-order valence-corrected chi connectivity index (χ4v) is 2.90. The van der Waals surface area contributed by atoms with Gasteiger partial charge in [0.15, 0.2) is 0 Å². The summed E-state index contributed by atoms with van der Waals surface area (Å²) in [4.78, 5) is 0. The topological polar surface area (TPSA) is 21.3 Å². The summed E-state index contributed by atoms with van der Waals surface area (Å²) in [5, 5.41) is 3.36. The van der Waals surface area contributed by atoms with E-state index < -0.39 is 0 Å². The average Bonchev–Trinajstić information content (AvgIpc) is 2.40. The van der Waals surface area contributed by atoms with Gasteiger partial charge in [0.05, 0.1) is 11.6 Å². The molecule has 0 fully saturated rings. The van der Waals surface area contributed by atoms with E-state index in [1.54, 1.807) is 6.07 Å². The Morgan fingerprint density at radius 1 is 1.26 bits per heavy atom. The van der Waals surface area contributed by atoms with Gasteiger partial charge in [0.25, 0.3) is 0 Å². The van der Waals surface area contributed by atoms with Crippen molar-refractivity contribution in [2.24, 2.45) is 0 Å². The molecule has 0 aliphatic rings. The standard InChI is InChI=1S/C16H26FNO/c1-6-16(7-2,19-8-3)15(18-5)14-10-9-13(17)11-12(14)4/h9-11,15,18H,6-8H2,1-5H3. The van der Waals surface area contributed by atoms with Gasteiger partial charge < -0.3 is 10.1 Å². The van der Waals surface area contributed by atoms with Crippen molar-refractivity contribution in [2.45, 2.75) is 52.2 Å². The smallest absolute Gasteiger partial charge is 0.123 e. The van der Waals surface area contributed by atoms with Crippen LogP contribution < -0.4 is 5.32 Å². The van der Waals surface area contributed by atoms with Gasteiger partial charge in [0, 0.05) is 6.61 Å². The summed E-state index contributed by atoms with van der Waals surface area (Å²) in [6.07, 6.45) is 1.83. The predicted molar refractivity (Wildman–Crippen MR) is 77.9 cm³/mol. The summed E-state index contributed by atoms with van der Waals surface area (Å²) in [7, 11) is 1.94. The molecule has 1 aromatic rings. The number of ether oxygens (including phenoxy) is 1. The first-order valence-electron chi connectivity index (χ1n) is 7.11. The number of hydrogen-bond donors (Lipinski definition) is 1. The van der Waals surface area contributed by atoms with E-state index in [-0.39, 0.29) is 17.5 Å². The maximum absolute atomic E-state index is 13.3. The van der Waals surface area contributed by atoms with Crippen molar-refractivity contribution in [1.82, 2.24) is 5.32 Å². The van der Waals surface area contributed by atoms with Gasteiger partial charge in [0.2, 0.25) is 0 Å². The van der Waals surface area contributed by atoms with Crippen LogP contribution in [-0.2, 0) is 4.74 Å². The summed E-state index contributed by atoms with van der Waals surface area (Å²) >= 11 is 0. The Bertz CT molecular complexity index is 402. The van der Waals surface area contributed by atoms with Gasteiger partial charge in [-0.1, -0.05) is 19.9 Å². The second kappa shape index (κ2) is 7.01. The maximum atomic E-state index is 13.3. The van der Waals surface area contributed by atoms with E-state index >= 15 is 0 Å². The first kappa shape index (κ1) is 16.1. The quantitative estimate of drug-likeness (QED) is 0.806. The molecular formula is C16H26FNO. The summed E-state index contributed by atoms with van der Waals surface area (Å²) in [5.74, 6) is -0.189. The van der Waals surface area contributed by atoms with Crippen LogP contribution in [0.3, 0.4) is 0 Å². The van der Waals surface area contributed by atoms with E-state index in [2.05, 4.69) is 19.2 Å². The molecule has 0 spiro atoms. The molecule has 0 radical (unpaired) electrons. The van der Waals surface area contributed by atoms with Crippen LogP contribution in [0.1, 0.15) is 50.8 Å². The highest BCUT2D eigenvalue weighted by atomic mass is 19.1. The van der Waals surface area contributed by atoms with Gasteiger partial charge in [-0.2, -0.15) is 0 Å². The number of likely N-dealkylation sites (N-methyl/N-ethyl adjacent to an activating group) is 1. The zero-order chi connectivity index (χ0) is 14.5. The largest absolute Gasteiger partial charge is 0.373 e. The molecule has 19 heavy (non-hydrogen) atoms. The van der Waals surface area contributed by atoms with Crippen LogP contribution in [0.2, 0.25) is 0 Å². The molecule has 108 valence electrons. The van der Waals surface area contributed by atoms with Crippen LogP contribution in [0, 0.1) is 12.7 Å². The zero-order valence-electron chi connectivity index (χ0n) is 12.7. The van der Waals surface area contributed by atoms with Crippen molar-refractivity contribution in [1.29, 1.82) is 0 Å². The molecule has 1 aromatic carbocycles. The highest BCUT2D eigenvalue weighted by molar-refractivity contribution is 5.31. The lowest BCUT2D eigenvalue weighted by molar-refractivity contribution is -0.0719. The summed E-state index contributed by atoms with van der Waals surface area (Å²) in [6, 6.07) is 5.05. The van der Waals surface area contributed by atoms with Crippen molar-refractivity contribution in [2.75, 3.05) is 13.7 Å². The molecule has 0 saturated heterocycles. The molecule has 0 heterocycles.